The summed E-state index contributed by atoms with van der Waals surface area (Å²) in [6, 6.07) is 6.13. The Morgan fingerprint density at radius 2 is 1.76 bits per heavy atom. The first-order chi connectivity index (χ1) is 23.2. The van der Waals surface area contributed by atoms with Crippen molar-refractivity contribution < 1.29 is 23.9 Å². The second kappa shape index (κ2) is 13.5. The highest BCUT2D eigenvalue weighted by Crippen LogP contribution is 2.42. The molecule has 0 unspecified atom stereocenters. The van der Waals surface area contributed by atoms with Gasteiger partial charge in [-0.05, 0) is 120 Å². The van der Waals surface area contributed by atoms with Crippen molar-refractivity contribution in [3.63, 3.8) is 0 Å². The largest absolute Gasteiger partial charge is 0.447 e. The van der Waals surface area contributed by atoms with Crippen molar-refractivity contribution in [1.29, 1.82) is 0 Å². The molecule has 2 amide bonds. The Kier molecular flexibility index (Phi) is 9.45. The zero-order valence-electron chi connectivity index (χ0n) is 29.8. The molecule has 0 radical (unpaired) electrons. The maximum absolute atomic E-state index is 14.4. The Balaban J connectivity index is 1.41. The average molecular weight is 672 g/mol. The Hall–Kier alpha value is -4.45. The first-order valence-electron chi connectivity index (χ1n) is 17.4. The normalized spacial score (nSPS) is 17.8. The average Bonchev–Trinajstić information content (AvgIpc) is 3.78. The van der Waals surface area contributed by atoms with E-state index in [0.717, 1.165) is 83.3 Å². The number of rotatable bonds is 7. The van der Waals surface area contributed by atoms with Crippen LogP contribution in [0.25, 0.3) is 27.8 Å². The van der Waals surface area contributed by atoms with E-state index in [4.69, 9.17) is 15.2 Å². The molecule has 6 rings (SSSR count). The van der Waals surface area contributed by atoms with Gasteiger partial charge in [0, 0.05) is 23.7 Å². The highest BCUT2D eigenvalue weighted by Gasteiger charge is 2.34. The Morgan fingerprint density at radius 3 is 2.43 bits per heavy atom. The van der Waals surface area contributed by atoms with Crippen LogP contribution in [0.3, 0.4) is 0 Å². The molecule has 2 aliphatic rings. The number of ether oxygens (including phenoxy) is 2. The number of hydrogen-bond acceptors (Lipinski definition) is 8. The molecule has 0 saturated carbocycles. The van der Waals surface area contributed by atoms with E-state index in [1.54, 1.807) is 14.0 Å². The highest BCUT2D eigenvalue weighted by atomic mass is 16.6. The van der Waals surface area contributed by atoms with Crippen LogP contribution in [0.1, 0.15) is 94.4 Å². The van der Waals surface area contributed by atoms with Crippen LogP contribution >= 0.6 is 0 Å². The Labute approximate surface area is 287 Å². The topological polar surface area (TPSA) is 137 Å². The fourth-order valence-corrected chi connectivity index (χ4v) is 7.51. The van der Waals surface area contributed by atoms with Crippen LogP contribution < -0.4 is 5.73 Å². The molecule has 3 aromatic heterocycles. The third kappa shape index (κ3) is 6.88. The van der Waals surface area contributed by atoms with Crippen molar-refractivity contribution in [1.82, 2.24) is 29.0 Å². The quantitative estimate of drug-likeness (QED) is 0.247. The van der Waals surface area contributed by atoms with Gasteiger partial charge >= 0.3 is 12.2 Å². The molecule has 2 N–H and O–H groups in total. The van der Waals surface area contributed by atoms with E-state index in [1.807, 2.05) is 40.0 Å². The number of nitrogens with two attached hydrogens (primary N) is 1. The van der Waals surface area contributed by atoms with Gasteiger partial charge in [0.05, 0.1) is 23.8 Å². The van der Waals surface area contributed by atoms with Crippen molar-refractivity contribution in [2.45, 2.75) is 97.6 Å². The number of primary amides is 1. The SMILES string of the molecule is Cc1c(-c2c(C(C)C)c3cc(C4CCN(CC(N)=O)CC4)ccc3n2C(=O)OC[C@@H]2CCCN2C(=O)OC(C)(C)C)cn2ncnc2c1C. The molecule has 2 fully saturated rings. The summed E-state index contributed by atoms with van der Waals surface area (Å²) in [4.78, 5) is 47.1. The maximum atomic E-state index is 14.4. The van der Waals surface area contributed by atoms with Crippen molar-refractivity contribution in [2.24, 2.45) is 5.73 Å². The fourth-order valence-electron chi connectivity index (χ4n) is 7.51. The number of carbonyl (C=O) groups excluding carboxylic acids is 3. The summed E-state index contributed by atoms with van der Waals surface area (Å²) in [6.07, 6.45) is 5.99. The molecule has 0 aliphatic carbocycles. The van der Waals surface area contributed by atoms with E-state index in [9.17, 15) is 14.4 Å². The van der Waals surface area contributed by atoms with Crippen LogP contribution in [-0.2, 0) is 14.3 Å². The van der Waals surface area contributed by atoms with Crippen molar-refractivity contribution in [2.75, 3.05) is 32.8 Å². The minimum atomic E-state index is -0.617. The number of piperidine rings is 1. The first-order valence-corrected chi connectivity index (χ1v) is 17.4. The number of aromatic nitrogens is 4. The first kappa shape index (κ1) is 34.4. The number of amides is 2. The predicted octanol–water partition coefficient (Wildman–Crippen LogP) is 6.14. The minimum Gasteiger partial charge on any atom is -0.447 e. The van der Waals surface area contributed by atoms with Gasteiger partial charge in [-0.25, -0.2) is 23.7 Å². The van der Waals surface area contributed by atoms with Gasteiger partial charge in [-0.3, -0.25) is 9.69 Å². The van der Waals surface area contributed by atoms with Gasteiger partial charge < -0.3 is 20.1 Å². The Morgan fingerprint density at radius 1 is 1.02 bits per heavy atom. The molecule has 12 heteroatoms. The molecule has 1 atom stereocenters. The van der Waals surface area contributed by atoms with E-state index in [1.165, 1.54) is 11.9 Å². The summed E-state index contributed by atoms with van der Waals surface area (Å²) >= 11 is 0. The van der Waals surface area contributed by atoms with Crippen molar-refractivity contribution in [3.8, 4) is 11.3 Å². The molecule has 0 spiro atoms. The summed E-state index contributed by atoms with van der Waals surface area (Å²) in [6.45, 7) is 16.4. The summed E-state index contributed by atoms with van der Waals surface area (Å²) in [5.41, 5.74) is 12.3. The van der Waals surface area contributed by atoms with Crippen molar-refractivity contribution >= 4 is 34.6 Å². The standard InChI is InChI=1S/C37H49N7O5/c1-22(2)32-28-17-26(25-12-15-41(16-13-25)19-31(38)45)10-11-30(28)44(33(32)29-18-43-34(39-21-40-43)24(4)23(29)3)36(47)48-20-27-9-8-14-42(27)35(46)49-37(5,6)7/h10-11,17-18,21-22,25,27H,8-9,12-16,19-20H2,1-7H3,(H2,38,45)/t27-/m0/s1. The van der Waals surface area contributed by atoms with Crippen LogP contribution in [-0.4, -0.2) is 91.5 Å². The number of pyridine rings is 1. The van der Waals surface area contributed by atoms with Crippen LogP contribution in [0.5, 0.6) is 0 Å². The number of likely N-dealkylation sites (tertiary alicyclic amines) is 2. The molecule has 49 heavy (non-hydrogen) atoms. The van der Waals surface area contributed by atoms with Gasteiger partial charge in [-0.2, -0.15) is 5.10 Å². The van der Waals surface area contributed by atoms with E-state index in [-0.39, 0.29) is 37.1 Å². The number of fused-ring (bicyclic) bond motifs is 2. The van der Waals surface area contributed by atoms with Gasteiger partial charge in [0.2, 0.25) is 5.91 Å². The van der Waals surface area contributed by atoms with E-state index < -0.39 is 11.7 Å². The molecule has 2 aliphatic heterocycles. The molecule has 5 heterocycles. The fraction of sp³-hybridized carbons (Fsp3) is 0.541. The maximum Gasteiger partial charge on any atom is 0.419 e. The predicted molar refractivity (Wildman–Crippen MR) is 188 cm³/mol. The number of carbonyl (C=O) groups is 3. The molecule has 4 aromatic rings. The van der Waals surface area contributed by atoms with Gasteiger partial charge in [-0.15, -0.1) is 0 Å². The van der Waals surface area contributed by atoms with Crippen LogP contribution in [0, 0.1) is 13.8 Å². The highest BCUT2D eigenvalue weighted by molar-refractivity contribution is 6.01. The molecule has 2 saturated heterocycles. The molecule has 262 valence electrons. The lowest BCUT2D eigenvalue weighted by atomic mass is 9.87. The minimum absolute atomic E-state index is 0.0658. The molecule has 0 bridgehead atoms. The van der Waals surface area contributed by atoms with E-state index in [0.29, 0.717) is 12.5 Å². The third-order valence-corrected chi connectivity index (χ3v) is 10.0. The van der Waals surface area contributed by atoms with Gasteiger partial charge in [0.25, 0.3) is 0 Å². The molecular weight excluding hydrogens is 622 g/mol. The van der Waals surface area contributed by atoms with Crippen LogP contribution in [0.15, 0.2) is 30.7 Å². The Bertz CT molecular complexity index is 1890. The molecular formula is C37H49N7O5. The monoisotopic (exact) mass is 671 g/mol. The molecule has 12 nitrogen and oxygen atoms in total. The third-order valence-electron chi connectivity index (χ3n) is 10.0. The zero-order chi connectivity index (χ0) is 35.2. The number of benzene rings is 1. The smallest absolute Gasteiger partial charge is 0.419 e. The zero-order valence-corrected chi connectivity index (χ0v) is 29.8. The van der Waals surface area contributed by atoms with E-state index >= 15 is 0 Å². The summed E-state index contributed by atoms with van der Waals surface area (Å²) in [7, 11) is 0. The summed E-state index contributed by atoms with van der Waals surface area (Å²) in [5, 5.41) is 5.45. The van der Waals surface area contributed by atoms with E-state index in [2.05, 4.69) is 47.9 Å². The van der Waals surface area contributed by atoms with Gasteiger partial charge in [-0.1, -0.05) is 19.9 Å². The van der Waals surface area contributed by atoms with Gasteiger partial charge in [0.1, 0.15) is 18.5 Å². The second-order valence-electron chi connectivity index (χ2n) is 14.9. The lowest BCUT2D eigenvalue weighted by molar-refractivity contribution is -0.119. The van der Waals surface area contributed by atoms with Crippen LogP contribution in [0.2, 0.25) is 0 Å². The number of aryl methyl sites for hydroxylation is 1. The number of hydrogen-bond donors (Lipinski definition) is 1. The lowest BCUT2D eigenvalue weighted by Crippen LogP contribution is -2.42. The lowest BCUT2D eigenvalue weighted by Gasteiger charge is -2.31. The van der Waals surface area contributed by atoms with Gasteiger partial charge in [0.15, 0.2) is 5.65 Å². The second-order valence-corrected chi connectivity index (χ2v) is 14.9. The number of nitrogens with zero attached hydrogens (tertiary/aromatic N) is 6. The summed E-state index contributed by atoms with van der Waals surface area (Å²) < 4.78 is 15.2. The van der Waals surface area contributed by atoms with Crippen LogP contribution in [0.4, 0.5) is 9.59 Å². The van der Waals surface area contributed by atoms with Crippen molar-refractivity contribution in [3.05, 3.63) is 53.0 Å². The molecule has 1 aromatic carbocycles. The summed E-state index contributed by atoms with van der Waals surface area (Å²) in [5.74, 6) is 0.0918.